The van der Waals surface area contributed by atoms with E-state index in [1.165, 1.54) is 5.56 Å². The molecule has 1 aliphatic rings. The Bertz CT molecular complexity index is 696. The van der Waals surface area contributed by atoms with Gasteiger partial charge < -0.3 is 14.4 Å². The zero-order valence-electron chi connectivity index (χ0n) is 16.2. The van der Waals surface area contributed by atoms with Crippen LogP contribution in [0, 0.1) is 0 Å². The minimum atomic E-state index is 0.487. The van der Waals surface area contributed by atoms with Crippen LogP contribution >= 0.6 is 0 Å². The molecule has 0 saturated carbocycles. The number of methoxy groups -OCH3 is 2. The SMILES string of the molecule is COc1ccc(CCN2[C@@H](C)CN(c3ccccn3)C[C@@H]2C)cc1OC. The Morgan fingerprint density at radius 2 is 1.73 bits per heavy atom. The smallest absolute Gasteiger partial charge is 0.160 e. The van der Waals surface area contributed by atoms with Crippen molar-refractivity contribution in [3.05, 3.63) is 48.2 Å². The van der Waals surface area contributed by atoms with Crippen molar-refractivity contribution in [3.63, 3.8) is 0 Å². The first-order valence-corrected chi connectivity index (χ1v) is 9.25. The second kappa shape index (κ2) is 8.41. The molecule has 0 unspecified atom stereocenters. The van der Waals surface area contributed by atoms with Crippen LogP contribution in [0.5, 0.6) is 11.5 Å². The van der Waals surface area contributed by atoms with E-state index in [1.54, 1.807) is 14.2 Å². The molecule has 140 valence electrons. The van der Waals surface area contributed by atoms with Crippen LogP contribution in [0.4, 0.5) is 5.82 Å². The summed E-state index contributed by atoms with van der Waals surface area (Å²) in [6.07, 6.45) is 2.87. The molecule has 1 aromatic carbocycles. The summed E-state index contributed by atoms with van der Waals surface area (Å²) in [6, 6.07) is 13.3. The van der Waals surface area contributed by atoms with Crippen LogP contribution in [0.15, 0.2) is 42.6 Å². The summed E-state index contributed by atoms with van der Waals surface area (Å²) in [4.78, 5) is 9.49. The summed E-state index contributed by atoms with van der Waals surface area (Å²) >= 11 is 0. The topological polar surface area (TPSA) is 37.8 Å². The van der Waals surface area contributed by atoms with Gasteiger partial charge in [0.25, 0.3) is 0 Å². The highest BCUT2D eigenvalue weighted by Crippen LogP contribution is 2.28. The van der Waals surface area contributed by atoms with E-state index < -0.39 is 0 Å². The van der Waals surface area contributed by atoms with Crippen LogP contribution in [0.2, 0.25) is 0 Å². The highest BCUT2D eigenvalue weighted by molar-refractivity contribution is 5.43. The lowest BCUT2D eigenvalue weighted by Gasteiger charge is -2.45. The molecule has 1 saturated heterocycles. The molecule has 2 atom stereocenters. The van der Waals surface area contributed by atoms with Gasteiger partial charge in [0, 0.05) is 37.9 Å². The predicted octanol–water partition coefficient (Wildman–Crippen LogP) is 3.24. The number of benzene rings is 1. The molecule has 26 heavy (non-hydrogen) atoms. The van der Waals surface area contributed by atoms with Crippen molar-refractivity contribution >= 4 is 5.82 Å². The van der Waals surface area contributed by atoms with E-state index in [0.717, 1.165) is 43.4 Å². The number of hydrogen-bond acceptors (Lipinski definition) is 5. The van der Waals surface area contributed by atoms with Crippen LogP contribution in [-0.2, 0) is 6.42 Å². The molecular weight excluding hydrogens is 326 g/mol. The molecule has 0 radical (unpaired) electrons. The second-order valence-electron chi connectivity index (χ2n) is 6.97. The zero-order chi connectivity index (χ0) is 18.5. The van der Waals surface area contributed by atoms with Gasteiger partial charge in [-0.3, -0.25) is 4.90 Å². The molecule has 0 bridgehead atoms. The molecular formula is C21H29N3O2. The average Bonchev–Trinajstić information content (AvgIpc) is 2.67. The molecule has 2 heterocycles. The number of aromatic nitrogens is 1. The normalized spacial score (nSPS) is 20.8. The van der Waals surface area contributed by atoms with E-state index in [9.17, 15) is 0 Å². The Labute approximate surface area is 156 Å². The molecule has 3 rings (SSSR count). The highest BCUT2D eigenvalue weighted by Gasteiger charge is 2.29. The first-order chi connectivity index (χ1) is 12.6. The Morgan fingerprint density at radius 3 is 2.35 bits per heavy atom. The fraction of sp³-hybridized carbons (Fsp3) is 0.476. The van der Waals surface area contributed by atoms with Crippen molar-refractivity contribution in [3.8, 4) is 11.5 Å². The monoisotopic (exact) mass is 355 g/mol. The van der Waals surface area contributed by atoms with E-state index in [4.69, 9.17) is 9.47 Å². The molecule has 0 amide bonds. The standard InChI is InChI=1S/C21H29N3O2/c1-16-14-23(21-7-5-6-11-22-21)15-17(2)24(16)12-10-18-8-9-19(25-3)20(13-18)26-4/h5-9,11,13,16-17H,10,12,14-15H2,1-4H3/t16-,17-/m0/s1. The Hall–Kier alpha value is -2.27. The van der Waals surface area contributed by atoms with Crippen molar-refractivity contribution in [1.82, 2.24) is 9.88 Å². The van der Waals surface area contributed by atoms with E-state index in [1.807, 2.05) is 18.3 Å². The molecule has 0 aliphatic carbocycles. The minimum absolute atomic E-state index is 0.487. The van der Waals surface area contributed by atoms with Crippen LogP contribution in [-0.4, -0.2) is 55.8 Å². The van der Waals surface area contributed by atoms with Crippen molar-refractivity contribution < 1.29 is 9.47 Å². The van der Waals surface area contributed by atoms with E-state index >= 15 is 0 Å². The Balaban J connectivity index is 1.62. The fourth-order valence-electron chi connectivity index (χ4n) is 3.82. The maximum atomic E-state index is 5.42. The maximum absolute atomic E-state index is 5.42. The summed E-state index contributed by atoms with van der Waals surface area (Å²) in [6.45, 7) is 7.66. The highest BCUT2D eigenvalue weighted by atomic mass is 16.5. The molecule has 1 aromatic heterocycles. The molecule has 1 fully saturated rings. The summed E-state index contributed by atoms with van der Waals surface area (Å²) in [5.74, 6) is 2.65. The number of ether oxygens (including phenoxy) is 2. The predicted molar refractivity (Wildman–Crippen MR) is 105 cm³/mol. The molecule has 2 aromatic rings. The number of nitrogens with zero attached hydrogens (tertiary/aromatic N) is 3. The maximum Gasteiger partial charge on any atom is 0.160 e. The van der Waals surface area contributed by atoms with Gasteiger partial charge in [-0.05, 0) is 50.1 Å². The lowest BCUT2D eigenvalue weighted by Crippen LogP contribution is -2.57. The number of anilines is 1. The number of rotatable bonds is 6. The van der Waals surface area contributed by atoms with E-state index in [0.29, 0.717) is 12.1 Å². The van der Waals surface area contributed by atoms with Gasteiger partial charge in [0.05, 0.1) is 14.2 Å². The summed E-state index contributed by atoms with van der Waals surface area (Å²) in [7, 11) is 3.35. The molecule has 5 heteroatoms. The lowest BCUT2D eigenvalue weighted by molar-refractivity contribution is 0.133. The van der Waals surface area contributed by atoms with Crippen LogP contribution < -0.4 is 14.4 Å². The third-order valence-corrected chi connectivity index (χ3v) is 5.18. The van der Waals surface area contributed by atoms with Gasteiger partial charge in [-0.15, -0.1) is 0 Å². The third-order valence-electron chi connectivity index (χ3n) is 5.18. The van der Waals surface area contributed by atoms with Crippen LogP contribution in [0.3, 0.4) is 0 Å². The van der Waals surface area contributed by atoms with Crippen molar-refractivity contribution in [2.45, 2.75) is 32.4 Å². The minimum Gasteiger partial charge on any atom is -0.493 e. The third kappa shape index (κ3) is 4.10. The van der Waals surface area contributed by atoms with Gasteiger partial charge in [-0.2, -0.15) is 0 Å². The summed E-state index contributed by atoms with van der Waals surface area (Å²) < 4.78 is 10.7. The quantitative estimate of drug-likeness (QED) is 0.795. The van der Waals surface area contributed by atoms with E-state index in [-0.39, 0.29) is 0 Å². The van der Waals surface area contributed by atoms with Crippen LogP contribution in [0.1, 0.15) is 19.4 Å². The van der Waals surface area contributed by atoms with Crippen molar-refractivity contribution in [1.29, 1.82) is 0 Å². The van der Waals surface area contributed by atoms with Gasteiger partial charge in [-0.25, -0.2) is 4.98 Å². The summed E-state index contributed by atoms with van der Waals surface area (Å²) in [5, 5.41) is 0. The van der Waals surface area contributed by atoms with Gasteiger partial charge >= 0.3 is 0 Å². The fourth-order valence-corrected chi connectivity index (χ4v) is 3.82. The average molecular weight is 355 g/mol. The molecule has 5 nitrogen and oxygen atoms in total. The Morgan fingerprint density at radius 1 is 1.00 bits per heavy atom. The largest absolute Gasteiger partial charge is 0.493 e. The number of piperazine rings is 1. The number of hydrogen-bond donors (Lipinski definition) is 0. The Kier molecular flexibility index (Phi) is 5.99. The molecule has 0 spiro atoms. The van der Waals surface area contributed by atoms with Gasteiger partial charge in [0.1, 0.15) is 5.82 Å². The van der Waals surface area contributed by atoms with Gasteiger partial charge in [0.2, 0.25) is 0 Å². The van der Waals surface area contributed by atoms with Crippen LogP contribution in [0.25, 0.3) is 0 Å². The second-order valence-corrected chi connectivity index (χ2v) is 6.97. The zero-order valence-corrected chi connectivity index (χ0v) is 16.2. The van der Waals surface area contributed by atoms with E-state index in [2.05, 4.69) is 52.9 Å². The van der Waals surface area contributed by atoms with Crippen molar-refractivity contribution in [2.24, 2.45) is 0 Å². The lowest BCUT2D eigenvalue weighted by atomic mass is 10.1. The van der Waals surface area contributed by atoms with Gasteiger partial charge in [-0.1, -0.05) is 12.1 Å². The first kappa shape index (κ1) is 18.5. The van der Waals surface area contributed by atoms with Crippen molar-refractivity contribution in [2.75, 3.05) is 38.8 Å². The van der Waals surface area contributed by atoms with Gasteiger partial charge in [0.15, 0.2) is 11.5 Å². The first-order valence-electron chi connectivity index (χ1n) is 9.25. The number of pyridine rings is 1. The summed E-state index contributed by atoms with van der Waals surface area (Å²) in [5.41, 5.74) is 1.27. The molecule has 1 aliphatic heterocycles. The molecule has 0 N–H and O–H groups in total.